The van der Waals surface area contributed by atoms with Gasteiger partial charge in [-0.05, 0) is 25.8 Å². The summed E-state index contributed by atoms with van der Waals surface area (Å²) in [7, 11) is -4.35. The summed E-state index contributed by atoms with van der Waals surface area (Å²) in [6.07, 6.45) is 28.9. The number of carbonyl (C=O) groups excluding carboxylic acids is 2. The summed E-state index contributed by atoms with van der Waals surface area (Å²) >= 11 is 0. The van der Waals surface area contributed by atoms with E-state index in [2.05, 4.69) is 13.8 Å². The Morgan fingerprint density at radius 3 is 1.37 bits per heavy atom. The highest BCUT2D eigenvalue weighted by Gasteiger charge is 2.26. The molecule has 0 rings (SSSR count). The summed E-state index contributed by atoms with van der Waals surface area (Å²) in [5.41, 5.74) is 5.40. The average Bonchev–Trinajstić information content (AvgIpc) is 3.03. The molecule has 0 aliphatic carbocycles. The van der Waals surface area contributed by atoms with E-state index < -0.39 is 26.5 Å². The van der Waals surface area contributed by atoms with E-state index in [0.717, 1.165) is 32.1 Å². The maximum Gasteiger partial charge on any atom is 0.472 e. The Morgan fingerprint density at radius 1 is 0.565 bits per heavy atom. The lowest BCUT2D eigenvalue weighted by molar-refractivity contribution is -0.161. The number of unbranched alkanes of at least 4 members (excludes halogenated alkanes) is 22. The summed E-state index contributed by atoms with van der Waals surface area (Å²) in [5, 5.41) is 0. The standard InChI is InChI=1S/C36H72NO8P/c1-3-5-7-9-11-13-15-16-18-20-22-24-26-29-36(39)45-34(33-44-46(40,41)43-31-27-30-37)32-42-35(38)28-25-23-21-19-17-14-12-10-8-6-4-2/h34H,3-33,37H2,1-2H3,(H,40,41)/t34-/m0/s1. The fourth-order valence-electron chi connectivity index (χ4n) is 5.32. The smallest absolute Gasteiger partial charge is 0.462 e. The summed E-state index contributed by atoms with van der Waals surface area (Å²) in [6.45, 7) is 4.12. The van der Waals surface area contributed by atoms with E-state index in [1.807, 2.05) is 0 Å². The number of hydrogen-bond acceptors (Lipinski definition) is 8. The van der Waals surface area contributed by atoms with Gasteiger partial charge in [-0.2, -0.15) is 0 Å². The van der Waals surface area contributed by atoms with Crippen LogP contribution in [-0.4, -0.2) is 49.3 Å². The number of nitrogens with two attached hydrogens (primary N) is 1. The molecule has 0 heterocycles. The number of rotatable bonds is 36. The van der Waals surface area contributed by atoms with Gasteiger partial charge in [0.25, 0.3) is 0 Å². The molecule has 10 heteroatoms. The van der Waals surface area contributed by atoms with Crippen molar-refractivity contribution >= 4 is 19.8 Å². The molecule has 0 fully saturated rings. The number of phosphoric acid groups is 1. The summed E-state index contributed by atoms with van der Waals surface area (Å²) in [5.74, 6) is -0.810. The topological polar surface area (TPSA) is 134 Å². The van der Waals surface area contributed by atoms with Gasteiger partial charge in [-0.1, -0.05) is 155 Å². The lowest BCUT2D eigenvalue weighted by Crippen LogP contribution is -2.29. The van der Waals surface area contributed by atoms with Gasteiger partial charge in [0.05, 0.1) is 13.2 Å². The first-order valence-corrected chi connectivity index (χ1v) is 20.5. The number of esters is 2. The van der Waals surface area contributed by atoms with E-state index >= 15 is 0 Å². The third-order valence-electron chi connectivity index (χ3n) is 8.22. The van der Waals surface area contributed by atoms with Crippen LogP contribution in [0.4, 0.5) is 0 Å². The van der Waals surface area contributed by atoms with E-state index in [4.69, 9.17) is 24.3 Å². The lowest BCUT2D eigenvalue weighted by Gasteiger charge is -2.20. The molecule has 46 heavy (non-hydrogen) atoms. The molecule has 1 unspecified atom stereocenters. The maximum absolute atomic E-state index is 12.5. The van der Waals surface area contributed by atoms with Crippen molar-refractivity contribution in [2.24, 2.45) is 5.73 Å². The predicted molar refractivity (Wildman–Crippen MR) is 188 cm³/mol. The maximum atomic E-state index is 12.5. The number of hydrogen-bond donors (Lipinski definition) is 2. The Labute approximate surface area is 282 Å². The monoisotopic (exact) mass is 677 g/mol. The molecule has 0 aromatic rings. The quantitative estimate of drug-likeness (QED) is 0.0377. The molecule has 0 aliphatic rings. The molecule has 0 saturated heterocycles. The highest BCUT2D eigenvalue weighted by molar-refractivity contribution is 7.47. The van der Waals surface area contributed by atoms with Crippen LogP contribution in [0.1, 0.15) is 187 Å². The molecule has 0 bridgehead atoms. The first kappa shape index (κ1) is 45.0. The largest absolute Gasteiger partial charge is 0.472 e. The van der Waals surface area contributed by atoms with Gasteiger partial charge in [-0.3, -0.25) is 18.6 Å². The van der Waals surface area contributed by atoms with Crippen molar-refractivity contribution in [1.29, 1.82) is 0 Å². The van der Waals surface area contributed by atoms with Crippen LogP contribution in [0.25, 0.3) is 0 Å². The summed E-state index contributed by atoms with van der Waals surface area (Å²) in [6, 6.07) is 0. The van der Waals surface area contributed by atoms with Crippen LogP contribution >= 0.6 is 7.82 Å². The third kappa shape index (κ3) is 32.9. The van der Waals surface area contributed by atoms with Gasteiger partial charge in [0.2, 0.25) is 0 Å². The van der Waals surface area contributed by atoms with Gasteiger partial charge in [0, 0.05) is 12.8 Å². The minimum absolute atomic E-state index is 0.0261. The summed E-state index contributed by atoms with van der Waals surface area (Å²) < 4.78 is 33.0. The van der Waals surface area contributed by atoms with Crippen molar-refractivity contribution in [3.05, 3.63) is 0 Å². The molecule has 0 amide bonds. The zero-order valence-corrected chi connectivity index (χ0v) is 30.7. The molecular formula is C36H72NO8P. The third-order valence-corrected chi connectivity index (χ3v) is 9.21. The second-order valence-corrected chi connectivity index (χ2v) is 14.3. The second-order valence-electron chi connectivity index (χ2n) is 12.8. The predicted octanol–water partition coefficient (Wildman–Crippen LogP) is 10.1. The molecule has 0 aromatic heterocycles. The Morgan fingerprint density at radius 2 is 0.957 bits per heavy atom. The van der Waals surface area contributed by atoms with Gasteiger partial charge in [0.1, 0.15) is 6.61 Å². The minimum Gasteiger partial charge on any atom is -0.462 e. The van der Waals surface area contributed by atoms with Crippen LogP contribution in [0.15, 0.2) is 0 Å². The van der Waals surface area contributed by atoms with Crippen molar-refractivity contribution in [2.45, 2.75) is 193 Å². The van der Waals surface area contributed by atoms with Crippen LogP contribution < -0.4 is 5.73 Å². The molecule has 0 aromatic carbocycles. The van der Waals surface area contributed by atoms with Crippen LogP contribution in [0.3, 0.4) is 0 Å². The molecule has 0 saturated carbocycles. The number of phosphoric ester groups is 1. The highest BCUT2D eigenvalue weighted by Crippen LogP contribution is 2.43. The van der Waals surface area contributed by atoms with Crippen molar-refractivity contribution in [2.75, 3.05) is 26.4 Å². The number of carbonyl (C=O) groups is 2. The van der Waals surface area contributed by atoms with Crippen molar-refractivity contribution in [1.82, 2.24) is 0 Å². The van der Waals surface area contributed by atoms with Gasteiger partial charge in [0.15, 0.2) is 6.10 Å². The molecule has 0 radical (unpaired) electrons. The van der Waals surface area contributed by atoms with Crippen LogP contribution in [0.2, 0.25) is 0 Å². The van der Waals surface area contributed by atoms with Crippen molar-refractivity contribution in [3.63, 3.8) is 0 Å². The molecule has 9 nitrogen and oxygen atoms in total. The van der Waals surface area contributed by atoms with E-state index in [-0.39, 0.29) is 32.0 Å². The normalized spacial score (nSPS) is 13.4. The SMILES string of the molecule is CCCCCCCCCCCCCCCC(=O)O[C@@H](COC(=O)CCCCCCCCCCCCC)COP(=O)(O)OCCCN. The fraction of sp³-hybridized carbons (Fsp3) is 0.944. The number of ether oxygens (including phenoxy) is 2. The fourth-order valence-corrected chi connectivity index (χ4v) is 6.11. The zero-order chi connectivity index (χ0) is 34.0. The molecule has 0 spiro atoms. The Hall–Kier alpha value is -0.990. The molecule has 274 valence electrons. The highest BCUT2D eigenvalue weighted by atomic mass is 31.2. The van der Waals surface area contributed by atoms with Crippen molar-refractivity contribution in [3.8, 4) is 0 Å². The van der Waals surface area contributed by atoms with E-state index in [9.17, 15) is 19.0 Å². The van der Waals surface area contributed by atoms with E-state index in [1.54, 1.807) is 0 Å². The van der Waals surface area contributed by atoms with Crippen molar-refractivity contribution < 1.29 is 37.6 Å². The van der Waals surface area contributed by atoms with Gasteiger partial charge >= 0.3 is 19.8 Å². The van der Waals surface area contributed by atoms with Gasteiger partial charge in [-0.15, -0.1) is 0 Å². The van der Waals surface area contributed by atoms with Crippen LogP contribution in [0, 0.1) is 0 Å². The minimum atomic E-state index is -4.35. The lowest BCUT2D eigenvalue weighted by atomic mass is 10.0. The summed E-state index contributed by atoms with van der Waals surface area (Å²) in [4.78, 5) is 34.8. The van der Waals surface area contributed by atoms with Crippen LogP contribution in [0.5, 0.6) is 0 Å². The molecule has 2 atom stereocenters. The van der Waals surface area contributed by atoms with Crippen LogP contribution in [-0.2, 0) is 32.7 Å². The van der Waals surface area contributed by atoms with E-state index in [0.29, 0.717) is 19.4 Å². The first-order valence-electron chi connectivity index (χ1n) is 19.0. The zero-order valence-electron chi connectivity index (χ0n) is 29.8. The second kappa shape index (κ2) is 33.9. The Bertz CT molecular complexity index is 739. The molecule has 3 N–H and O–H groups in total. The molecule has 0 aliphatic heterocycles. The van der Waals surface area contributed by atoms with Gasteiger partial charge in [-0.25, -0.2) is 4.57 Å². The first-order chi connectivity index (χ1) is 22.3. The molecular weight excluding hydrogens is 605 g/mol. The van der Waals surface area contributed by atoms with E-state index in [1.165, 1.54) is 116 Å². The Balaban J connectivity index is 4.27. The Kier molecular flexibility index (Phi) is 33.2. The average molecular weight is 678 g/mol. The van der Waals surface area contributed by atoms with Gasteiger partial charge < -0.3 is 20.1 Å².